The normalized spacial score (nSPS) is 17.1. The highest BCUT2D eigenvalue weighted by Crippen LogP contribution is 2.37. The van der Waals surface area contributed by atoms with Crippen molar-refractivity contribution in [1.29, 1.82) is 0 Å². The lowest BCUT2D eigenvalue weighted by Gasteiger charge is -2.18. The minimum atomic E-state index is 0.400. The van der Waals surface area contributed by atoms with Crippen molar-refractivity contribution in [3.63, 3.8) is 0 Å². The fraction of sp³-hybridized carbons (Fsp3) is 0.625. The van der Waals surface area contributed by atoms with Gasteiger partial charge >= 0.3 is 0 Å². The molecule has 16 heavy (non-hydrogen) atoms. The highest BCUT2D eigenvalue weighted by molar-refractivity contribution is 5.36. The summed E-state index contributed by atoms with van der Waals surface area (Å²) >= 11 is 0. The van der Waals surface area contributed by atoms with Crippen LogP contribution in [0.2, 0.25) is 0 Å². The molecule has 1 fully saturated rings. The largest absolute Gasteiger partial charge is 0.0845 e. The fourth-order valence-corrected chi connectivity index (χ4v) is 1.88. The molecule has 0 aromatic heterocycles. The average Bonchev–Trinajstić information content (AvgIpc) is 2.99. The zero-order chi connectivity index (χ0) is 12.2. The third-order valence-corrected chi connectivity index (χ3v) is 2.95. The SMILES string of the molecule is CC=C(C=CC(CC(C)(C)C)=C1CC1)CC. The van der Waals surface area contributed by atoms with Gasteiger partial charge in [0.15, 0.2) is 0 Å². The molecule has 1 aliphatic rings. The smallest absolute Gasteiger partial charge is 0.0230 e. The molecule has 0 heterocycles. The fourth-order valence-electron chi connectivity index (χ4n) is 1.88. The molecule has 0 aromatic rings. The first-order valence-electron chi connectivity index (χ1n) is 6.50. The molecule has 0 radical (unpaired) electrons. The standard InChI is InChI=1S/C16H26/c1-6-13(7-2)8-9-15(14-10-11-14)12-16(3,4)5/h6,8-9H,7,10-12H2,1-5H3. The van der Waals surface area contributed by atoms with E-state index >= 15 is 0 Å². The van der Waals surface area contributed by atoms with Crippen molar-refractivity contribution in [1.82, 2.24) is 0 Å². The van der Waals surface area contributed by atoms with Gasteiger partial charge in [-0.1, -0.05) is 57.1 Å². The van der Waals surface area contributed by atoms with E-state index < -0.39 is 0 Å². The van der Waals surface area contributed by atoms with Crippen LogP contribution in [0.3, 0.4) is 0 Å². The van der Waals surface area contributed by atoms with Crippen LogP contribution in [0, 0.1) is 5.41 Å². The first-order valence-corrected chi connectivity index (χ1v) is 6.50. The monoisotopic (exact) mass is 218 g/mol. The molecule has 0 aliphatic heterocycles. The quantitative estimate of drug-likeness (QED) is 0.552. The van der Waals surface area contributed by atoms with E-state index in [-0.39, 0.29) is 0 Å². The second kappa shape index (κ2) is 5.52. The minimum absolute atomic E-state index is 0.400. The first-order chi connectivity index (χ1) is 7.46. The Morgan fingerprint density at radius 2 is 1.81 bits per heavy atom. The highest BCUT2D eigenvalue weighted by atomic mass is 14.3. The second-order valence-electron chi connectivity index (χ2n) is 5.92. The van der Waals surface area contributed by atoms with Gasteiger partial charge in [-0.2, -0.15) is 0 Å². The molecule has 0 amide bonds. The van der Waals surface area contributed by atoms with Gasteiger partial charge in [-0.05, 0) is 43.6 Å². The van der Waals surface area contributed by atoms with Crippen LogP contribution in [0.15, 0.2) is 34.9 Å². The predicted octanol–water partition coefficient (Wildman–Crippen LogP) is 5.43. The Labute approximate surface area is 101 Å². The van der Waals surface area contributed by atoms with Crippen LogP contribution in [0.5, 0.6) is 0 Å². The molecular formula is C16H26. The zero-order valence-corrected chi connectivity index (χ0v) is 11.6. The summed E-state index contributed by atoms with van der Waals surface area (Å²) in [6.45, 7) is 11.3. The van der Waals surface area contributed by atoms with E-state index in [2.05, 4.69) is 52.8 Å². The number of hydrogen-bond acceptors (Lipinski definition) is 0. The molecule has 0 spiro atoms. The molecule has 0 nitrogen and oxygen atoms in total. The van der Waals surface area contributed by atoms with Gasteiger partial charge in [-0.15, -0.1) is 0 Å². The van der Waals surface area contributed by atoms with Crippen LogP contribution in [-0.4, -0.2) is 0 Å². The molecule has 1 aliphatic carbocycles. The van der Waals surface area contributed by atoms with Crippen molar-refractivity contribution in [3.05, 3.63) is 34.9 Å². The number of rotatable bonds is 4. The van der Waals surface area contributed by atoms with Gasteiger partial charge in [0.25, 0.3) is 0 Å². The lowest BCUT2D eigenvalue weighted by atomic mass is 9.87. The van der Waals surface area contributed by atoms with Crippen LogP contribution in [0.4, 0.5) is 0 Å². The van der Waals surface area contributed by atoms with Crippen molar-refractivity contribution >= 4 is 0 Å². The van der Waals surface area contributed by atoms with Crippen molar-refractivity contribution < 1.29 is 0 Å². The average molecular weight is 218 g/mol. The number of allylic oxidation sites excluding steroid dienone is 6. The summed E-state index contributed by atoms with van der Waals surface area (Å²) < 4.78 is 0. The third-order valence-electron chi connectivity index (χ3n) is 2.95. The molecule has 90 valence electrons. The van der Waals surface area contributed by atoms with Crippen molar-refractivity contribution in [3.8, 4) is 0 Å². The highest BCUT2D eigenvalue weighted by Gasteiger charge is 2.20. The van der Waals surface area contributed by atoms with E-state index in [1.165, 1.54) is 24.8 Å². The summed E-state index contributed by atoms with van der Waals surface area (Å²) in [5, 5.41) is 0. The maximum absolute atomic E-state index is 2.35. The molecule has 1 saturated carbocycles. The Kier molecular flexibility index (Phi) is 4.58. The molecule has 1 rings (SSSR count). The van der Waals surface area contributed by atoms with E-state index in [9.17, 15) is 0 Å². The Morgan fingerprint density at radius 1 is 1.19 bits per heavy atom. The third kappa shape index (κ3) is 4.83. The zero-order valence-electron chi connectivity index (χ0n) is 11.6. The van der Waals surface area contributed by atoms with Gasteiger partial charge in [0.05, 0.1) is 0 Å². The second-order valence-corrected chi connectivity index (χ2v) is 5.92. The van der Waals surface area contributed by atoms with E-state index in [1.807, 2.05) is 0 Å². The summed E-state index contributed by atoms with van der Waals surface area (Å²) in [6.07, 6.45) is 11.9. The van der Waals surface area contributed by atoms with E-state index in [4.69, 9.17) is 0 Å². The summed E-state index contributed by atoms with van der Waals surface area (Å²) in [5.41, 5.74) is 5.10. The molecule has 0 saturated heterocycles. The number of hydrogen-bond donors (Lipinski definition) is 0. The van der Waals surface area contributed by atoms with Crippen LogP contribution in [0.1, 0.15) is 60.3 Å². The summed E-state index contributed by atoms with van der Waals surface area (Å²) in [5.74, 6) is 0. The maximum Gasteiger partial charge on any atom is -0.0230 e. The Bertz CT molecular complexity index is 312. The summed E-state index contributed by atoms with van der Waals surface area (Å²) in [6, 6.07) is 0. The predicted molar refractivity (Wildman–Crippen MR) is 73.5 cm³/mol. The molecule has 0 unspecified atom stereocenters. The van der Waals surface area contributed by atoms with Gasteiger partial charge < -0.3 is 0 Å². The Morgan fingerprint density at radius 3 is 2.19 bits per heavy atom. The molecule has 0 aromatic carbocycles. The molecule has 0 bridgehead atoms. The van der Waals surface area contributed by atoms with E-state index in [0.29, 0.717) is 5.41 Å². The van der Waals surface area contributed by atoms with Crippen molar-refractivity contribution in [2.75, 3.05) is 0 Å². The van der Waals surface area contributed by atoms with Crippen LogP contribution in [-0.2, 0) is 0 Å². The maximum atomic E-state index is 2.35. The van der Waals surface area contributed by atoms with Crippen LogP contribution >= 0.6 is 0 Å². The Hall–Kier alpha value is -0.780. The molecule has 0 atom stereocenters. The van der Waals surface area contributed by atoms with Gasteiger partial charge in [-0.25, -0.2) is 0 Å². The van der Waals surface area contributed by atoms with E-state index in [0.717, 1.165) is 6.42 Å². The van der Waals surface area contributed by atoms with Crippen LogP contribution in [0.25, 0.3) is 0 Å². The lowest BCUT2D eigenvalue weighted by molar-refractivity contribution is 0.412. The first kappa shape index (κ1) is 13.3. The topological polar surface area (TPSA) is 0 Å². The van der Waals surface area contributed by atoms with Crippen LogP contribution < -0.4 is 0 Å². The van der Waals surface area contributed by atoms with E-state index in [1.54, 1.807) is 11.1 Å². The van der Waals surface area contributed by atoms with Crippen molar-refractivity contribution in [2.45, 2.75) is 60.3 Å². The lowest BCUT2D eigenvalue weighted by Crippen LogP contribution is -2.05. The molecular weight excluding hydrogens is 192 g/mol. The van der Waals surface area contributed by atoms with Gasteiger partial charge in [-0.3, -0.25) is 0 Å². The summed E-state index contributed by atoms with van der Waals surface area (Å²) in [7, 11) is 0. The summed E-state index contributed by atoms with van der Waals surface area (Å²) in [4.78, 5) is 0. The van der Waals surface area contributed by atoms with Crippen molar-refractivity contribution in [2.24, 2.45) is 5.41 Å². The molecule has 0 N–H and O–H groups in total. The molecule has 0 heteroatoms. The van der Waals surface area contributed by atoms with Gasteiger partial charge in [0, 0.05) is 0 Å². The Balaban J connectivity index is 2.72. The van der Waals surface area contributed by atoms with Gasteiger partial charge in [0.2, 0.25) is 0 Å². The van der Waals surface area contributed by atoms with Gasteiger partial charge in [0.1, 0.15) is 0 Å². The minimum Gasteiger partial charge on any atom is -0.0845 e.